The molecule has 1 amide bonds. The van der Waals surface area contributed by atoms with Gasteiger partial charge in [0.15, 0.2) is 5.76 Å². The van der Waals surface area contributed by atoms with E-state index in [1.807, 2.05) is 31.7 Å². The minimum Gasteiger partial charge on any atom is -0.360 e. The Balaban J connectivity index is 1.87. The molecule has 0 aliphatic carbocycles. The second-order valence-electron chi connectivity index (χ2n) is 5.87. The van der Waals surface area contributed by atoms with E-state index in [2.05, 4.69) is 10.1 Å². The van der Waals surface area contributed by atoms with Crippen molar-refractivity contribution < 1.29 is 9.32 Å². The van der Waals surface area contributed by atoms with Crippen molar-refractivity contribution in [2.75, 3.05) is 26.2 Å². The third-order valence-corrected chi connectivity index (χ3v) is 4.40. The number of carbonyl (C=O) groups is 1. The van der Waals surface area contributed by atoms with Crippen LogP contribution >= 0.6 is 0 Å². The maximum atomic E-state index is 12.5. The van der Waals surface area contributed by atoms with E-state index in [0.717, 1.165) is 44.2 Å². The van der Waals surface area contributed by atoms with E-state index in [0.29, 0.717) is 12.8 Å². The molecule has 0 bridgehead atoms. The van der Waals surface area contributed by atoms with Gasteiger partial charge in [-0.1, -0.05) is 19.0 Å². The minimum absolute atomic E-state index is 0.0858. The summed E-state index contributed by atoms with van der Waals surface area (Å²) in [5.41, 5.74) is 6.40. The molecule has 0 aromatic carbocycles. The maximum Gasteiger partial charge on any atom is 0.242 e. The Hall–Kier alpha value is -1.40. The summed E-state index contributed by atoms with van der Waals surface area (Å²) in [4.78, 5) is 16.7. The average molecular weight is 294 g/mol. The van der Waals surface area contributed by atoms with Gasteiger partial charge < -0.3 is 15.2 Å². The Morgan fingerprint density at radius 2 is 1.95 bits per heavy atom. The van der Waals surface area contributed by atoms with Gasteiger partial charge >= 0.3 is 0 Å². The molecule has 1 fully saturated rings. The lowest BCUT2D eigenvalue weighted by Gasteiger charge is -2.38. The summed E-state index contributed by atoms with van der Waals surface area (Å²) in [6.45, 7) is 9.76. The molecule has 0 unspecified atom stereocenters. The van der Waals surface area contributed by atoms with Crippen LogP contribution in [0.3, 0.4) is 0 Å². The second-order valence-corrected chi connectivity index (χ2v) is 5.87. The Bertz CT molecular complexity index is 474. The van der Waals surface area contributed by atoms with Crippen molar-refractivity contribution in [2.45, 2.75) is 45.7 Å². The fourth-order valence-corrected chi connectivity index (χ4v) is 2.69. The van der Waals surface area contributed by atoms with Gasteiger partial charge in [-0.05, 0) is 19.8 Å². The topological polar surface area (TPSA) is 75.6 Å². The number of hydrogen-bond donors (Lipinski definition) is 1. The standard InChI is InChI=1S/C15H26N4O2/c1-4-15(16,5-2)14(20)19-8-6-18(7-9-19)11-13-10-12(3)17-21-13/h10H,4-9,11,16H2,1-3H3. The molecule has 1 aromatic rings. The summed E-state index contributed by atoms with van der Waals surface area (Å²) in [5.74, 6) is 0.963. The predicted octanol–water partition coefficient (Wildman–Crippen LogP) is 1.14. The number of aryl methyl sites for hydroxylation is 1. The average Bonchev–Trinajstić information content (AvgIpc) is 2.91. The van der Waals surface area contributed by atoms with Gasteiger partial charge in [0.1, 0.15) is 0 Å². The zero-order chi connectivity index (χ0) is 15.5. The molecule has 0 saturated carbocycles. The zero-order valence-electron chi connectivity index (χ0n) is 13.3. The van der Waals surface area contributed by atoms with Crippen molar-refractivity contribution in [3.05, 3.63) is 17.5 Å². The number of piperazine rings is 1. The van der Waals surface area contributed by atoms with Crippen molar-refractivity contribution in [3.63, 3.8) is 0 Å². The molecule has 1 aromatic heterocycles. The van der Waals surface area contributed by atoms with Crippen LogP contribution in [0.2, 0.25) is 0 Å². The number of nitrogens with two attached hydrogens (primary N) is 1. The molecule has 1 aliphatic rings. The molecule has 118 valence electrons. The van der Waals surface area contributed by atoms with Crippen LogP contribution in [0.1, 0.15) is 38.1 Å². The highest BCUT2D eigenvalue weighted by Crippen LogP contribution is 2.17. The largest absolute Gasteiger partial charge is 0.360 e. The van der Waals surface area contributed by atoms with Gasteiger partial charge in [0, 0.05) is 32.2 Å². The predicted molar refractivity (Wildman–Crippen MR) is 80.6 cm³/mol. The third kappa shape index (κ3) is 3.63. The summed E-state index contributed by atoms with van der Waals surface area (Å²) >= 11 is 0. The SMILES string of the molecule is CCC(N)(CC)C(=O)N1CCN(Cc2cc(C)no2)CC1. The zero-order valence-corrected chi connectivity index (χ0v) is 13.3. The van der Waals surface area contributed by atoms with Gasteiger partial charge in [-0.15, -0.1) is 0 Å². The molecule has 6 nitrogen and oxygen atoms in total. The fourth-order valence-electron chi connectivity index (χ4n) is 2.69. The summed E-state index contributed by atoms with van der Waals surface area (Å²) in [6.07, 6.45) is 1.36. The van der Waals surface area contributed by atoms with E-state index in [1.54, 1.807) is 0 Å². The van der Waals surface area contributed by atoms with E-state index in [-0.39, 0.29) is 5.91 Å². The first-order valence-corrected chi connectivity index (χ1v) is 7.71. The Labute approximate surface area is 126 Å². The first-order chi connectivity index (χ1) is 9.98. The van der Waals surface area contributed by atoms with E-state index >= 15 is 0 Å². The smallest absolute Gasteiger partial charge is 0.242 e. The molecule has 0 radical (unpaired) electrons. The number of amides is 1. The van der Waals surface area contributed by atoms with Crippen molar-refractivity contribution in [2.24, 2.45) is 5.73 Å². The molecule has 6 heteroatoms. The number of aromatic nitrogens is 1. The van der Waals surface area contributed by atoms with E-state index in [4.69, 9.17) is 10.3 Å². The lowest BCUT2D eigenvalue weighted by Crippen LogP contribution is -2.59. The fraction of sp³-hybridized carbons (Fsp3) is 0.733. The summed E-state index contributed by atoms with van der Waals surface area (Å²) in [7, 11) is 0. The van der Waals surface area contributed by atoms with Crippen molar-refractivity contribution >= 4 is 5.91 Å². The summed E-state index contributed by atoms with van der Waals surface area (Å²) in [6, 6.07) is 1.95. The lowest BCUT2D eigenvalue weighted by atomic mass is 9.92. The van der Waals surface area contributed by atoms with Crippen LogP contribution in [-0.4, -0.2) is 52.6 Å². The van der Waals surface area contributed by atoms with Crippen molar-refractivity contribution in [1.82, 2.24) is 15.0 Å². The van der Waals surface area contributed by atoms with Crippen molar-refractivity contribution in [3.8, 4) is 0 Å². The van der Waals surface area contributed by atoms with E-state index in [1.165, 1.54) is 0 Å². The molecule has 0 atom stereocenters. The van der Waals surface area contributed by atoms with E-state index < -0.39 is 5.54 Å². The van der Waals surface area contributed by atoms with Gasteiger partial charge in [0.2, 0.25) is 5.91 Å². The molecule has 0 spiro atoms. The number of nitrogens with zero attached hydrogens (tertiary/aromatic N) is 3. The number of rotatable bonds is 5. The molecule has 1 aliphatic heterocycles. The summed E-state index contributed by atoms with van der Waals surface area (Å²) in [5, 5.41) is 3.90. The highest BCUT2D eigenvalue weighted by molar-refractivity contribution is 5.86. The van der Waals surface area contributed by atoms with Crippen LogP contribution in [0.4, 0.5) is 0 Å². The molecular weight excluding hydrogens is 268 g/mol. The number of carbonyl (C=O) groups excluding carboxylic acids is 1. The Morgan fingerprint density at radius 3 is 2.43 bits per heavy atom. The number of hydrogen-bond acceptors (Lipinski definition) is 5. The molecule has 2 N–H and O–H groups in total. The quantitative estimate of drug-likeness (QED) is 0.881. The maximum absolute atomic E-state index is 12.5. The Morgan fingerprint density at radius 1 is 1.33 bits per heavy atom. The van der Waals surface area contributed by atoms with Gasteiger partial charge in [-0.25, -0.2) is 0 Å². The highest BCUT2D eigenvalue weighted by Gasteiger charge is 2.35. The molecule has 21 heavy (non-hydrogen) atoms. The molecule has 1 saturated heterocycles. The molecular formula is C15H26N4O2. The van der Waals surface area contributed by atoms with Gasteiger partial charge in [-0.2, -0.15) is 0 Å². The molecule has 2 heterocycles. The minimum atomic E-state index is -0.704. The van der Waals surface area contributed by atoms with Crippen LogP contribution in [0.15, 0.2) is 10.6 Å². The summed E-state index contributed by atoms with van der Waals surface area (Å²) < 4.78 is 5.24. The van der Waals surface area contributed by atoms with Gasteiger partial charge in [0.25, 0.3) is 0 Å². The normalized spacial score (nSPS) is 17.2. The van der Waals surface area contributed by atoms with Crippen LogP contribution < -0.4 is 5.73 Å². The Kier molecular flexibility index (Phi) is 5.00. The second kappa shape index (κ2) is 6.58. The monoisotopic (exact) mass is 294 g/mol. The first kappa shape index (κ1) is 16.0. The third-order valence-electron chi connectivity index (χ3n) is 4.40. The highest BCUT2D eigenvalue weighted by atomic mass is 16.5. The first-order valence-electron chi connectivity index (χ1n) is 7.71. The van der Waals surface area contributed by atoms with Crippen LogP contribution in [0, 0.1) is 6.92 Å². The van der Waals surface area contributed by atoms with Crippen molar-refractivity contribution in [1.29, 1.82) is 0 Å². The van der Waals surface area contributed by atoms with Crippen LogP contribution in [-0.2, 0) is 11.3 Å². The molecule has 2 rings (SSSR count). The van der Waals surface area contributed by atoms with Gasteiger partial charge in [0.05, 0.1) is 17.8 Å². The van der Waals surface area contributed by atoms with Gasteiger partial charge in [-0.3, -0.25) is 9.69 Å². The lowest BCUT2D eigenvalue weighted by molar-refractivity contribution is -0.139. The van der Waals surface area contributed by atoms with E-state index in [9.17, 15) is 4.79 Å². The van der Waals surface area contributed by atoms with Crippen LogP contribution in [0.5, 0.6) is 0 Å². The van der Waals surface area contributed by atoms with Crippen LogP contribution in [0.25, 0.3) is 0 Å².